The lowest BCUT2D eigenvalue weighted by Gasteiger charge is -2.28. The maximum atomic E-state index is 14.7. The maximum absolute atomic E-state index is 14.7. The zero-order valence-electron chi connectivity index (χ0n) is 18.8. The first-order chi connectivity index (χ1) is 15.2. The molecule has 0 aliphatic heterocycles. The van der Waals surface area contributed by atoms with Gasteiger partial charge in [0.2, 0.25) is 0 Å². The number of allylic oxidation sites excluding steroid dienone is 3. The third-order valence-electron chi connectivity index (χ3n) is 6.87. The van der Waals surface area contributed by atoms with Gasteiger partial charge < -0.3 is 0 Å². The second kappa shape index (κ2) is 10.1. The number of benzene rings is 3. The fraction of sp³-hybridized carbons (Fsp3) is 0.333. The molecule has 1 heteroatoms. The topological polar surface area (TPSA) is 0 Å². The van der Waals surface area contributed by atoms with Crippen molar-refractivity contribution < 1.29 is 4.39 Å². The van der Waals surface area contributed by atoms with Gasteiger partial charge in [0.1, 0.15) is 5.82 Å². The summed E-state index contributed by atoms with van der Waals surface area (Å²) in [6, 6.07) is 19.0. The third-order valence-corrected chi connectivity index (χ3v) is 6.87. The fourth-order valence-corrected chi connectivity index (χ4v) is 5.03. The van der Waals surface area contributed by atoms with E-state index in [0.29, 0.717) is 16.9 Å². The average Bonchev–Trinajstić information content (AvgIpc) is 2.82. The lowest BCUT2D eigenvalue weighted by molar-refractivity contribution is 0.312. The summed E-state index contributed by atoms with van der Waals surface area (Å²) < 4.78 is 14.7. The van der Waals surface area contributed by atoms with Crippen LogP contribution in [-0.2, 0) is 0 Å². The van der Waals surface area contributed by atoms with Crippen LogP contribution < -0.4 is 0 Å². The molecule has 0 atom stereocenters. The average molecular weight is 413 g/mol. The van der Waals surface area contributed by atoms with Crippen LogP contribution >= 0.6 is 0 Å². The minimum atomic E-state index is -0.140. The number of rotatable bonds is 6. The Morgan fingerprint density at radius 1 is 0.839 bits per heavy atom. The lowest BCUT2D eigenvalue weighted by atomic mass is 9.77. The van der Waals surface area contributed by atoms with Crippen LogP contribution in [-0.4, -0.2) is 0 Å². The van der Waals surface area contributed by atoms with Gasteiger partial charge in [0.05, 0.1) is 0 Å². The summed E-state index contributed by atoms with van der Waals surface area (Å²) >= 11 is 0. The molecular weight excluding hydrogens is 379 g/mol. The van der Waals surface area contributed by atoms with Crippen molar-refractivity contribution in [2.75, 3.05) is 0 Å². The first-order valence-corrected chi connectivity index (χ1v) is 11.8. The van der Waals surface area contributed by atoms with E-state index in [1.165, 1.54) is 49.7 Å². The molecule has 0 spiro atoms. The lowest BCUT2D eigenvalue weighted by Crippen LogP contribution is -2.13. The molecule has 0 aromatic heterocycles. The monoisotopic (exact) mass is 412 g/mol. The van der Waals surface area contributed by atoms with Crippen molar-refractivity contribution in [2.45, 2.75) is 58.3 Å². The van der Waals surface area contributed by atoms with E-state index < -0.39 is 0 Å². The summed E-state index contributed by atoms with van der Waals surface area (Å²) in [7, 11) is 0. The summed E-state index contributed by atoms with van der Waals surface area (Å²) in [6.45, 7) is 4.02. The standard InChI is InChI=1S/C30H33F/c1-3-5-6-8-22-9-11-23(12-10-22)24-13-15-25(16-14-24)27-19-20-29-28(21-27)18-17-26(7-4-2)30(29)31/h3-5,7,13-23H,6,8-12H2,1-2H3/b5-3+,7-4+. The van der Waals surface area contributed by atoms with Crippen LogP contribution in [0.5, 0.6) is 0 Å². The molecule has 0 amide bonds. The summed E-state index contributed by atoms with van der Waals surface area (Å²) in [5, 5.41) is 1.63. The molecule has 0 saturated heterocycles. The zero-order valence-corrected chi connectivity index (χ0v) is 18.8. The minimum absolute atomic E-state index is 0.140. The first kappa shape index (κ1) is 21.6. The highest BCUT2D eigenvalue weighted by Crippen LogP contribution is 2.38. The van der Waals surface area contributed by atoms with Crippen molar-refractivity contribution in [1.29, 1.82) is 0 Å². The number of halogens is 1. The van der Waals surface area contributed by atoms with Gasteiger partial charge in [-0.25, -0.2) is 4.39 Å². The molecule has 0 heterocycles. The van der Waals surface area contributed by atoms with Gasteiger partial charge in [-0.2, -0.15) is 0 Å². The van der Waals surface area contributed by atoms with Crippen molar-refractivity contribution in [3.8, 4) is 11.1 Å². The van der Waals surface area contributed by atoms with Crippen molar-refractivity contribution in [3.63, 3.8) is 0 Å². The molecule has 31 heavy (non-hydrogen) atoms. The van der Waals surface area contributed by atoms with E-state index in [2.05, 4.69) is 49.4 Å². The molecule has 160 valence electrons. The molecule has 1 saturated carbocycles. The highest BCUT2D eigenvalue weighted by Gasteiger charge is 2.21. The molecule has 0 N–H and O–H groups in total. The molecule has 1 fully saturated rings. The Hall–Kier alpha value is -2.67. The van der Waals surface area contributed by atoms with Crippen molar-refractivity contribution in [1.82, 2.24) is 0 Å². The summed E-state index contributed by atoms with van der Waals surface area (Å²) in [6.07, 6.45) is 16.1. The minimum Gasteiger partial charge on any atom is -0.206 e. The molecule has 4 rings (SSSR count). The molecule has 0 bridgehead atoms. The SMILES string of the molecule is C/C=C/CCC1CCC(c2ccc(-c3ccc4c(F)c(/C=C/C)ccc4c3)cc2)CC1. The predicted molar refractivity (Wildman–Crippen MR) is 133 cm³/mol. The molecule has 3 aromatic carbocycles. The predicted octanol–water partition coefficient (Wildman–Crippen LogP) is 9.31. The van der Waals surface area contributed by atoms with Gasteiger partial charge in [-0.05, 0) is 92.4 Å². The Bertz CT molecular complexity index is 1060. The van der Waals surface area contributed by atoms with Crippen LogP contribution in [0.2, 0.25) is 0 Å². The van der Waals surface area contributed by atoms with Gasteiger partial charge >= 0.3 is 0 Å². The maximum Gasteiger partial charge on any atom is 0.138 e. The quantitative estimate of drug-likeness (QED) is 0.354. The van der Waals surface area contributed by atoms with Gasteiger partial charge in [-0.15, -0.1) is 0 Å². The van der Waals surface area contributed by atoms with Crippen LogP contribution in [0.4, 0.5) is 4.39 Å². The molecule has 0 radical (unpaired) electrons. The summed E-state index contributed by atoms with van der Waals surface area (Å²) in [5.41, 5.74) is 4.45. The number of hydrogen-bond acceptors (Lipinski definition) is 0. The Balaban J connectivity index is 1.46. The normalized spacial score (nSPS) is 19.6. The van der Waals surface area contributed by atoms with Crippen molar-refractivity contribution >= 4 is 16.8 Å². The largest absolute Gasteiger partial charge is 0.206 e. The number of fused-ring (bicyclic) bond motifs is 1. The molecule has 1 aliphatic rings. The Morgan fingerprint density at radius 2 is 1.58 bits per heavy atom. The molecule has 1 aliphatic carbocycles. The van der Waals surface area contributed by atoms with Crippen molar-refractivity contribution in [3.05, 3.63) is 89.8 Å². The number of hydrogen-bond donors (Lipinski definition) is 0. The highest BCUT2D eigenvalue weighted by atomic mass is 19.1. The van der Waals surface area contributed by atoms with Gasteiger partial charge in [0, 0.05) is 10.9 Å². The van der Waals surface area contributed by atoms with Crippen LogP contribution in [0.15, 0.2) is 72.8 Å². The van der Waals surface area contributed by atoms with E-state index >= 15 is 0 Å². The molecule has 0 unspecified atom stereocenters. The van der Waals surface area contributed by atoms with Gasteiger partial charge in [0.25, 0.3) is 0 Å². The Kier molecular flexibility index (Phi) is 7.02. The van der Waals surface area contributed by atoms with Gasteiger partial charge in [-0.1, -0.05) is 72.8 Å². The highest BCUT2D eigenvalue weighted by molar-refractivity contribution is 5.89. The van der Waals surface area contributed by atoms with E-state index in [1.54, 1.807) is 0 Å². The van der Waals surface area contributed by atoms with E-state index in [4.69, 9.17) is 0 Å². The summed E-state index contributed by atoms with van der Waals surface area (Å²) in [4.78, 5) is 0. The molecule has 0 nitrogen and oxygen atoms in total. The van der Waals surface area contributed by atoms with Crippen LogP contribution in [0, 0.1) is 11.7 Å². The molecular formula is C30H33F. The Morgan fingerprint density at radius 3 is 2.29 bits per heavy atom. The zero-order chi connectivity index (χ0) is 21.6. The fourth-order valence-electron chi connectivity index (χ4n) is 5.03. The van der Waals surface area contributed by atoms with E-state index in [-0.39, 0.29) is 5.82 Å². The second-order valence-electron chi connectivity index (χ2n) is 8.89. The van der Waals surface area contributed by atoms with Crippen LogP contribution in [0.25, 0.3) is 28.0 Å². The van der Waals surface area contributed by atoms with Crippen LogP contribution in [0.3, 0.4) is 0 Å². The smallest absolute Gasteiger partial charge is 0.138 e. The summed E-state index contributed by atoms with van der Waals surface area (Å²) in [5.74, 6) is 1.46. The van der Waals surface area contributed by atoms with E-state index in [0.717, 1.165) is 16.9 Å². The first-order valence-electron chi connectivity index (χ1n) is 11.8. The van der Waals surface area contributed by atoms with E-state index in [9.17, 15) is 4.39 Å². The molecule has 3 aromatic rings. The van der Waals surface area contributed by atoms with Gasteiger partial charge in [-0.3, -0.25) is 0 Å². The van der Waals surface area contributed by atoms with Gasteiger partial charge in [0.15, 0.2) is 0 Å². The third kappa shape index (κ3) is 4.98. The Labute approximate surface area is 186 Å². The second-order valence-corrected chi connectivity index (χ2v) is 8.89. The van der Waals surface area contributed by atoms with E-state index in [1.807, 2.05) is 43.3 Å². The van der Waals surface area contributed by atoms with Crippen molar-refractivity contribution in [2.24, 2.45) is 5.92 Å². The van der Waals surface area contributed by atoms with Crippen LogP contribution in [0.1, 0.15) is 69.4 Å².